The molecule has 0 saturated carbocycles. The van der Waals surface area contributed by atoms with Crippen LogP contribution >= 0.6 is 23.1 Å². The van der Waals surface area contributed by atoms with Crippen LogP contribution in [0.3, 0.4) is 0 Å². The van der Waals surface area contributed by atoms with Crippen molar-refractivity contribution in [2.45, 2.75) is 0 Å². The minimum absolute atomic E-state index is 0.00820. The van der Waals surface area contributed by atoms with Gasteiger partial charge < -0.3 is 9.84 Å². The SMILES string of the molecule is COc1cccc(/C=C2\S/C(=N/Nc3nc(-c4ccc([N+](=O)[O-])cc4)cs3)NC2=O)c1O. The van der Waals surface area contributed by atoms with E-state index in [4.69, 9.17) is 4.74 Å². The summed E-state index contributed by atoms with van der Waals surface area (Å²) in [4.78, 5) is 27.3. The number of non-ortho nitro benzene ring substituents is 1. The number of phenolic OH excluding ortho intramolecular Hbond substituents is 1. The molecule has 1 amide bonds. The van der Waals surface area contributed by atoms with Crippen molar-refractivity contribution in [2.75, 3.05) is 12.5 Å². The van der Waals surface area contributed by atoms with Crippen molar-refractivity contribution in [3.8, 4) is 22.8 Å². The number of methoxy groups -OCH3 is 1. The molecule has 2 aromatic carbocycles. The monoisotopic (exact) mass is 469 g/mol. The third-order valence-corrected chi connectivity index (χ3v) is 5.98. The zero-order valence-corrected chi connectivity index (χ0v) is 18.1. The molecule has 0 spiro atoms. The highest BCUT2D eigenvalue weighted by molar-refractivity contribution is 8.18. The van der Waals surface area contributed by atoms with Gasteiger partial charge in [-0.1, -0.05) is 12.1 Å². The summed E-state index contributed by atoms with van der Waals surface area (Å²) in [7, 11) is 1.45. The molecule has 12 heteroatoms. The quantitative estimate of drug-likeness (QED) is 0.279. The number of ether oxygens (including phenoxy) is 1. The number of phenols is 1. The van der Waals surface area contributed by atoms with Crippen LogP contribution < -0.4 is 15.5 Å². The van der Waals surface area contributed by atoms with Crippen molar-refractivity contribution in [3.05, 3.63) is 68.4 Å². The van der Waals surface area contributed by atoms with Crippen LogP contribution in [0.4, 0.5) is 10.8 Å². The van der Waals surface area contributed by atoms with Crippen LogP contribution in [0.1, 0.15) is 5.56 Å². The number of hydrazone groups is 1. The van der Waals surface area contributed by atoms with E-state index in [2.05, 4.69) is 20.8 Å². The second-order valence-corrected chi connectivity index (χ2v) is 8.22. The average Bonchev–Trinajstić information content (AvgIpc) is 3.40. The van der Waals surface area contributed by atoms with Crippen LogP contribution in [0.5, 0.6) is 11.5 Å². The number of rotatable bonds is 6. The molecule has 0 bridgehead atoms. The number of nitro benzene ring substituents is 1. The lowest BCUT2D eigenvalue weighted by molar-refractivity contribution is -0.384. The first kappa shape index (κ1) is 21.3. The van der Waals surface area contributed by atoms with E-state index in [1.165, 1.54) is 30.6 Å². The Kier molecular flexibility index (Phi) is 6.05. The number of aromatic hydroxyl groups is 1. The number of amides is 1. The summed E-state index contributed by atoms with van der Waals surface area (Å²) >= 11 is 2.41. The van der Waals surface area contributed by atoms with Crippen LogP contribution in [-0.4, -0.2) is 33.2 Å². The summed E-state index contributed by atoms with van der Waals surface area (Å²) in [6, 6.07) is 11.1. The Bertz CT molecular complexity index is 1250. The molecular formula is C20H15N5O5S2. The summed E-state index contributed by atoms with van der Waals surface area (Å²) in [5.41, 5.74) is 4.63. The van der Waals surface area contributed by atoms with Crippen LogP contribution in [0.25, 0.3) is 17.3 Å². The highest BCUT2D eigenvalue weighted by Gasteiger charge is 2.24. The van der Waals surface area contributed by atoms with E-state index in [1.54, 1.807) is 41.8 Å². The average molecular weight is 470 g/mol. The number of nitrogens with one attached hydrogen (secondary N) is 2. The molecule has 32 heavy (non-hydrogen) atoms. The Hall–Kier alpha value is -3.90. The highest BCUT2D eigenvalue weighted by Crippen LogP contribution is 2.34. The fourth-order valence-corrected chi connectivity index (χ4v) is 4.19. The third kappa shape index (κ3) is 4.55. The Balaban J connectivity index is 1.45. The van der Waals surface area contributed by atoms with Gasteiger partial charge in [0.25, 0.3) is 11.6 Å². The second kappa shape index (κ2) is 9.08. The lowest BCUT2D eigenvalue weighted by Crippen LogP contribution is -2.20. The normalized spacial score (nSPS) is 15.7. The largest absolute Gasteiger partial charge is 0.504 e. The van der Waals surface area contributed by atoms with Gasteiger partial charge in [-0.2, -0.15) is 0 Å². The van der Waals surface area contributed by atoms with E-state index < -0.39 is 4.92 Å². The lowest BCUT2D eigenvalue weighted by atomic mass is 10.1. The van der Waals surface area contributed by atoms with Gasteiger partial charge in [0.2, 0.25) is 5.13 Å². The number of nitro groups is 1. The molecule has 2 heterocycles. The van der Waals surface area contributed by atoms with E-state index >= 15 is 0 Å². The van der Waals surface area contributed by atoms with Gasteiger partial charge >= 0.3 is 0 Å². The maximum Gasteiger partial charge on any atom is 0.269 e. The van der Waals surface area contributed by atoms with E-state index in [0.29, 0.717) is 32.2 Å². The zero-order chi connectivity index (χ0) is 22.7. The maximum absolute atomic E-state index is 12.2. The smallest absolute Gasteiger partial charge is 0.269 e. The third-order valence-electron chi connectivity index (χ3n) is 4.32. The van der Waals surface area contributed by atoms with E-state index in [9.17, 15) is 20.0 Å². The van der Waals surface area contributed by atoms with Gasteiger partial charge in [0.15, 0.2) is 16.7 Å². The van der Waals surface area contributed by atoms with Crippen molar-refractivity contribution < 1.29 is 19.6 Å². The molecule has 162 valence electrons. The molecule has 3 aromatic rings. The number of benzene rings is 2. The lowest BCUT2D eigenvalue weighted by Gasteiger charge is -2.05. The van der Waals surface area contributed by atoms with Gasteiger partial charge in [-0.25, -0.2) is 4.98 Å². The molecular weight excluding hydrogens is 454 g/mol. The number of hydrogen-bond acceptors (Lipinski definition) is 10. The molecule has 1 fully saturated rings. The topological polar surface area (TPSA) is 139 Å². The number of thiazole rings is 1. The summed E-state index contributed by atoms with van der Waals surface area (Å²) < 4.78 is 5.08. The van der Waals surface area contributed by atoms with Gasteiger partial charge in [-0.3, -0.25) is 25.7 Å². The second-order valence-electron chi connectivity index (χ2n) is 6.33. The van der Waals surface area contributed by atoms with Crippen LogP contribution in [0.2, 0.25) is 0 Å². The first-order chi connectivity index (χ1) is 15.4. The predicted octanol–water partition coefficient (Wildman–Crippen LogP) is 4.02. The van der Waals surface area contributed by atoms with Gasteiger partial charge in [0, 0.05) is 28.6 Å². The molecule has 1 saturated heterocycles. The fourth-order valence-electron chi connectivity index (χ4n) is 2.75. The number of nitrogens with zero attached hydrogens (tertiary/aromatic N) is 3. The highest BCUT2D eigenvalue weighted by atomic mass is 32.2. The van der Waals surface area contributed by atoms with Gasteiger partial charge in [-0.15, -0.1) is 16.4 Å². The Morgan fingerprint density at radius 2 is 2.06 bits per heavy atom. The van der Waals surface area contributed by atoms with Crippen molar-refractivity contribution in [2.24, 2.45) is 5.10 Å². The first-order valence-corrected chi connectivity index (χ1v) is 10.7. The van der Waals surface area contributed by atoms with Crippen LogP contribution in [0.15, 0.2) is 57.9 Å². The van der Waals surface area contributed by atoms with Crippen molar-refractivity contribution in [1.82, 2.24) is 10.3 Å². The number of anilines is 1. The molecule has 4 rings (SSSR count). The van der Waals surface area contributed by atoms with Gasteiger partial charge in [0.1, 0.15) is 0 Å². The van der Waals surface area contributed by atoms with Crippen LogP contribution in [-0.2, 0) is 4.79 Å². The van der Waals surface area contributed by atoms with E-state index in [-0.39, 0.29) is 17.3 Å². The maximum atomic E-state index is 12.2. The molecule has 1 aliphatic rings. The number of hydrogen-bond donors (Lipinski definition) is 3. The molecule has 0 aliphatic carbocycles. The Morgan fingerprint density at radius 3 is 2.78 bits per heavy atom. The number of aromatic nitrogens is 1. The van der Waals surface area contributed by atoms with Gasteiger partial charge in [-0.05, 0) is 36.0 Å². The number of thioether (sulfide) groups is 1. The van der Waals surface area contributed by atoms with E-state index in [1.807, 2.05) is 0 Å². The molecule has 3 N–H and O–H groups in total. The molecule has 0 unspecified atom stereocenters. The summed E-state index contributed by atoms with van der Waals surface area (Å²) in [6.45, 7) is 0. The van der Waals surface area contributed by atoms with Crippen molar-refractivity contribution >= 4 is 51.1 Å². The standard InChI is InChI=1S/C20H15N5O5S2/c1-30-15-4-2-3-12(17(15)26)9-16-18(27)22-20(32-16)24-23-19-21-14(10-31-19)11-5-7-13(8-6-11)25(28)29/h2-10,26H,1H3,(H,21,23)(H,22,24,27)/b16-9-. The zero-order valence-electron chi connectivity index (χ0n) is 16.4. The Morgan fingerprint density at radius 1 is 1.28 bits per heavy atom. The Labute approximate surface area is 189 Å². The molecule has 0 radical (unpaired) electrons. The fraction of sp³-hybridized carbons (Fsp3) is 0.0500. The predicted molar refractivity (Wildman–Crippen MR) is 124 cm³/mol. The molecule has 1 aliphatic heterocycles. The minimum atomic E-state index is -0.459. The molecule has 10 nitrogen and oxygen atoms in total. The number of carbonyl (C=O) groups is 1. The summed E-state index contributed by atoms with van der Waals surface area (Å²) in [6.07, 6.45) is 1.55. The first-order valence-electron chi connectivity index (χ1n) is 9.05. The van der Waals surface area contributed by atoms with Crippen molar-refractivity contribution in [1.29, 1.82) is 0 Å². The number of amidine groups is 1. The molecule has 0 atom stereocenters. The van der Waals surface area contributed by atoms with Crippen molar-refractivity contribution in [3.63, 3.8) is 0 Å². The van der Waals surface area contributed by atoms with E-state index in [0.717, 1.165) is 17.3 Å². The minimum Gasteiger partial charge on any atom is -0.504 e. The molecule has 1 aromatic heterocycles. The van der Waals surface area contributed by atoms with Gasteiger partial charge in [0.05, 0.1) is 22.6 Å². The summed E-state index contributed by atoms with van der Waals surface area (Å²) in [5, 5.41) is 30.4. The van der Waals surface area contributed by atoms with Crippen LogP contribution in [0, 0.1) is 10.1 Å². The summed E-state index contributed by atoms with van der Waals surface area (Å²) in [5.74, 6) is -0.0876. The number of carbonyl (C=O) groups excluding carboxylic acids is 1. The number of para-hydroxylation sites is 1.